The van der Waals surface area contributed by atoms with Crippen molar-refractivity contribution in [1.29, 1.82) is 0 Å². The van der Waals surface area contributed by atoms with E-state index in [1.54, 1.807) is 20.8 Å². The number of carbonyl (C=O) groups excluding carboxylic acids is 8. The number of nitrogens with one attached hydrogen (secondary N) is 7. The van der Waals surface area contributed by atoms with E-state index in [0.29, 0.717) is 51.5 Å². The van der Waals surface area contributed by atoms with Crippen LogP contribution in [0.3, 0.4) is 0 Å². The predicted octanol–water partition coefficient (Wildman–Crippen LogP) is -1.59. The van der Waals surface area contributed by atoms with Gasteiger partial charge in [0.1, 0.15) is 42.5 Å². The van der Waals surface area contributed by atoms with Gasteiger partial charge >= 0.3 is 0 Å². The zero-order valence-electron chi connectivity index (χ0n) is 37.4. The fraction of sp³-hybridized carbons (Fsp3) is 0.674. The molecule has 18 nitrogen and oxygen atoms in total. The zero-order chi connectivity index (χ0) is 46.1. The number of benzene rings is 1. The van der Waals surface area contributed by atoms with E-state index in [4.69, 9.17) is 0 Å². The lowest BCUT2D eigenvalue weighted by molar-refractivity contribution is -0.368. The lowest BCUT2D eigenvalue weighted by Gasteiger charge is -2.29. The molecule has 344 valence electrons. The molecule has 0 fully saturated rings. The third-order valence-corrected chi connectivity index (χ3v) is 10.3. The van der Waals surface area contributed by atoms with E-state index >= 15 is 0 Å². The predicted molar refractivity (Wildman–Crippen MR) is 229 cm³/mol. The van der Waals surface area contributed by atoms with Crippen LogP contribution in [-0.4, -0.2) is 115 Å². The van der Waals surface area contributed by atoms with Crippen molar-refractivity contribution < 1.29 is 54.9 Å². The van der Waals surface area contributed by atoms with Crippen LogP contribution in [0.2, 0.25) is 0 Å². The SMILES string of the molecule is CC[C@H](C)[C@H](NC(=O)[C@H](CCCC[NH3+])NC(=O)[C@H](CO)NC(=O)[C@H](CC(C)C)NC(=O)[C@@H](NC(=O)[C@H](CCCC[NH3+])NC(C)=O)C(C)C)C(=O)N[C@H](C=O)Cc1ccccc1. The monoisotopic (exact) mass is 862 g/mol. The summed E-state index contributed by atoms with van der Waals surface area (Å²) in [7, 11) is 0. The Kier molecular flexibility index (Phi) is 26.0. The molecule has 1 aromatic rings. The largest absolute Gasteiger partial charge is 0.394 e. The maximum Gasteiger partial charge on any atom is 0.245 e. The second-order valence-corrected chi connectivity index (χ2v) is 16.5. The molecule has 14 N–H and O–H groups in total. The van der Waals surface area contributed by atoms with Gasteiger partial charge in [-0.25, -0.2) is 0 Å². The highest BCUT2D eigenvalue weighted by Gasteiger charge is 2.35. The van der Waals surface area contributed by atoms with E-state index < -0.39 is 96.2 Å². The van der Waals surface area contributed by atoms with E-state index in [9.17, 15) is 43.5 Å². The Morgan fingerprint density at radius 2 is 1.10 bits per heavy atom. The smallest absolute Gasteiger partial charge is 0.245 e. The summed E-state index contributed by atoms with van der Waals surface area (Å²) in [5.41, 5.74) is 8.48. The molecule has 0 radical (unpaired) electrons. The van der Waals surface area contributed by atoms with Gasteiger partial charge in [0.25, 0.3) is 0 Å². The molecule has 0 saturated heterocycles. The minimum atomic E-state index is -1.53. The highest BCUT2D eigenvalue weighted by molar-refractivity contribution is 5.97. The van der Waals surface area contributed by atoms with Gasteiger partial charge in [0.15, 0.2) is 0 Å². The first-order valence-corrected chi connectivity index (χ1v) is 21.7. The number of carbonyl (C=O) groups is 8. The summed E-state index contributed by atoms with van der Waals surface area (Å²) in [5, 5.41) is 29.0. The molecule has 0 saturated carbocycles. The van der Waals surface area contributed by atoms with Crippen molar-refractivity contribution in [2.45, 2.75) is 149 Å². The Balaban J connectivity index is 3.22. The summed E-state index contributed by atoms with van der Waals surface area (Å²) in [5.74, 6) is -5.36. The summed E-state index contributed by atoms with van der Waals surface area (Å²) in [6.07, 6.45) is 4.55. The fourth-order valence-electron chi connectivity index (χ4n) is 6.55. The molecule has 7 amide bonds. The average Bonchev–Trinajstić information content (AvgIpc) is 3.21. The molecule has 1 rings (SSSR count). The minimum Gasteiger partial charge on any atom is -0.394 e. The molecule has 61 heavy (non-hydrogen) atoms. The zero-order valence-corrected chi connectivity index (χ0v) is 37.4. The van der Waals surface area contributed by atoms with E-state index in [0.717, 1.165) is 12.0 Å². The quantitative estimate of drug-likeness (QED) is 0.0315. The first-order valence-electron chi connectivity index (χ1n) is 21.7. The van der Waals surface area contributed by atoms with Crippen LogP contribution in [0.5, 0.6) is 0 Å². The summed E-state index contributed by atoms with van der Waals surface area (Å²) in [6, 6.07) is 1.43. The molecule has 1 aromatic carbocycles. The third-order valence-electron chi connectivity index (χ3n) is 10.3. The standard InChI is InChI=1S/C43H73N9O9/c1-8-28(6)37(43(61)47-31(24-53)23-30-16-10-9-11-17-30)52-39(57)33(19-13-15-21-45)48-41(59)35(25-54)50-40(58)34(22-26(2)3)49-42(60)36(27(4)5)51-38(56)32(46-29(7)55)18-12-14-20-44/h9-11,16-17,24,26-28,31-37,54H,8,12-15,18-23,25,44-45H2,1-7H3,(H,46,55)(H,47,61)(H,48,59)(H,49,60)(H,50,58)(H,51,56)(H,52,57)/p+2/t28-,31-,32-,33-,34-,35-,36-,37-/m0/s1. The van der Waals surface area contributed by atoms with E-state index in [2.05, 4.69) is 48.7 Å². The molecule has 0 aliphatic rings. The Morgan fingerprint density at radius 3 is 1.57 bits per heavy atom. The highest BCUT2D eigenvalue weighted by Crippen LogP contribution is 2.13. The van der Waals surface area contributed by atoms with Crippen LogP contribution in [0.4, 0.5) is 0 Å². The molecule has 0 spiro atoms. The van der Waals surface area contributed by atoms with Crippen LogP contribution in [0, 0.1) is 17.8 Å². The molecule has 0 heterocycles. The number of unbranched alkanes of at least 4 members (excludes halogenated alkanes) is 2. The van der Waals surface area contributed by atoms with E-state index in [1.807, 2.05) is 51.1 Å². The second kappa shape index (κ2) is 29.3. The van der Waals surface area contributed by atoms with Crippen molar-refractivity contribution in [1.82, 2.24) is 37.2 Å². The van der Waals surface area contributed by atoms with Crippen LogP contribution in [-0.2, 0) is 44.8 Å². The molecule has 0 aliphatic heterocycles. The Morgan fingerprint density at radius 1 is 0.623 bits per heavy atom. The van der Waals surface area contributed by atoms with Crippen molar-refractivity contribution in [2.75, 3.05) is 19.7 Å². The van der Waals surface area contributed by atoms with Gasteiger partial charge in [0.2, 0.25) is 41.4 Å². The maximum absolute atomic E-state index is 13.9. The summed E-state index contributed by atoms with van der Waals surface area (Å²) < 4.78 is 0. The number of hydrogen-bond acceptors (Lipinski definition) is 9. The van der Waals surface area contributed by atoms with Crippen molar-refractivity contribution in [2.24, 2.45) is 17.8 Å². The lowest BCUT2D eigenvalue weighted by atomic mass is 9.96. The van der Waals surface area contributed by atoms with Gasteiger partial charge in [-0.3, -0.25) is 33.6 Å². The molecule has 0 aliphatic carbocycles. The molecule has 0 bridgehead atoms. The molecular formula is C43H75N9O9+2. The normalized spacial score (nSPS) is 15.1. The van der Waals surface area contributed by atoms with E-state index in [-0.39, 0.29) is 31.1 Å². The van der Waals surface area contributed by atoms with Crippen LogP contribution < -0.4 is 48.7 Å². The van der Waals surface area contributed by atoms with Gasteiger partial charge in [0, 0.05) is 6.92 Å². The van der Waals surface area contributed by atoms with Crippen LogP contribution in [0.1, 0.15) is 105 Å². The van der Waals surface area contributed by atoms with Crippen molar-refractivity contribution in [3.05, 3.63) is 35.9 Å². The maximum atomic E-state index is 13.9. The van der Waals surface area contributed by atoms with E-state index in [1.165, 1.54) is 6.92 Å². The first kappa shape index (κ1) is 54.1. The van der Waals surface area contributed by atoms with Crippen LogP contribution >= 0.6 is 0 Å². The summed E-state index contributed by atoms with van der Waals surface area (Å²) in [4.78, 5) is 106. The second-order valence-electron chi connectivity index (χ2n) is 16.5. The fourth-order valence-corrected chi connectivity index (χ4v) is 6.55. The number of aliphatic hydroxyl groups excluding tert-OH is 1. The Labute approximate surface area is 361 Å². The minimum absolute atomic E-state index is 0.112. The summed E-state index contributed by atoms with van der Waals surface area (Å²) in [6.45, 7) is 12.4. The van der Waals surface area contributed by atoms with Crippen LogP contribution in [0.25, 0.3) is 0 Å². The van der Waals surface area contributed by atoms with Gasteiger partial charge in [0.05, 0.1) is 25.7 Å². The number of aldehydes is 1. The Hall–Kier alpha value is -4.94. The number of rotatable bonds is 30. The molecule has 18 heteroatoms. The van der Waals surface area contributed by atoms with Crippen LogP contribution in [0.15, 0.2) is 30.3 Å². The Bertz CT molecular complexity index is 1550. The van der Waals surface area contributed by atoms with Crippen molar-refractivity contribution >= 4 is 47.6 Å². The van der Waals surface area contributed by atoms with Crippen molar-refractivity contribution in [3.63, 3.8) is 0 Å². The van der Waals surface area contributed by atoms with Gasteiger partial charge in [-0.05, 0) is 74.7 Å². The van der Waals surface area contributed by atoms with Crippen molar-refractivity contribution in [3.8, 4) is 0 Å². The topological polar surface area (TPSA) is 296 Å². The summed E-state index contributed by atoms with van der Waals surface area (Å²) >= 11 is 0. The third kappa shape index (κ3) is 20.5. The molecule has 8 atom stereocenters. The van der Waals surface area contributed by atoms with Gasteiger partial charge in [-0.2, -0.15) is 0 Å². The number of aliphatic hydroxyl groups is 1. The first-order chi connectivity index (χ1) is 28.9. The molecular weight excluding hydrogens is 787 g/mol. The molecule has 0 aromatic heterocycles. The van der Waals surface area contributed by atoms with Gasteiger partial charge in [-0.15, -0.1) is 0 Å². The molecule has 0 unspecified atom stereocenters. The van der Waals surface area contributed by atoms with Gasteiger partial charge < -0.3 is 58.6 Å². The number of quaternary nitrogens is 2. The number of hydrogen-bond donors (Lipinski definition) is 10. The average molecular weight is 862 g/mol. The highest BCUT2D eigenvalue weighted by atomic mass is 16.3. The van der Waals surface area contributed by atoms with Gasteiger partial charge in [-0.1, -0.05) is 78.3 Å². The number of amides is 7. The lowest BCUT2D eigenvalue weighted by Crippen LogP contribution is -2.61.